The number of rotatable bonds is 5. The molecule has 0 aliphatic carbocycles. The van der Waals surface area contributed by atoms with Gasteiger partial charge in [0.05, 0.1) is 3.79 Å². The van der Waals surface area contributed by atoms with Crippen molar-refractivity contribution in [3.8, 4) is 5.75 Å². The highest BCUT2D eigenvalue weighted by Crippen LogP contribution is 2.26. The molecule has 0 radical (unpaired) electrons. The average molecular weight is 357 g/mol. The molecule has 0 fully saturated rings. The van der Waals surface area contributed by atoms with Crippen LogP contribution in [0.25, 0.3) is 6.08 Å². The number of hydrogen-bond acceptors (Lipinski definition) is 3. The zero-order chi connectivity index (χ0) is 14.5. The van der Waals surface area contributed by atoms with Crippen molar-refractivity contribution in [2.24, 2.45) is 0 Å². The number of carboxylic acids is 1. The van der Waals surface area contributed by atoms with Gasteiger partial charge in [-0.1, -0.05) is 0 Å². The van der Waals surface area contributed by atoms with E-state index in [1.165, 1.54) is 35.6 Å². The van der Waals surface area contributed by atoms with E-state index in [1.54, 1.807) is 0 Å². The summed E-state index contributed by atoms with van der Waals surface area (Å²) in [6.07, 6.45) is 2.26. The van der Waals surface area contributed by atoms with Crippen LogP contribution in [0.4, 0.5) is 4.39 Å². The molecule has 0 saturated carbocycles. The molecule has 6 heteroatoms. The fourth-order valence-corrected chi connectivity index (χ4v) is 2.92. The summed E-state index contributed by atoms with van der Waals surface area (Å²) >= 11 is 4.90. The van der Waals surface area contributed by atoms with E-state index in [9.17, 15) is 9.18 Å². The van der Waals surface area contributed by atoms with Crippen molar-refractivity contribution in [1.29, 1.82) is 0 Å². The molecular formula is C14H10BrFO3S. The predicted molar refractivity (Wildman–Crippen MR) is 79.4 cm³/mol. The Kier molecular flexibility index (Phi) is 4.92. The van der Waals surface area contributed by atoms with Gasteiger partial charge < -0.3 is 9.84 Å². The lowest BCUT2D eigenvalue weighted by atomic mass is 10.2. The second-order valence-corrected chi connectivity index (χ2v) is 6.40. The molecule has 0 bridgehead atoms. The summed E-state index contributed by atoms with van der Waals surface area (Å²) < 4.78 is 19.8. The third kappa shape index (κ3) is 4.18. The number of thiophene rings is 1. The molecule has 0 aliphatic heterocycles. The van der Waals surface area contributed by atoms with E-state index in [0.717, 1.165) is 14.7 Å². The molecule has 0 amide bonds. The predicted octanol–water partition coefficient (Wildman–Crippen LogP) is 4.33. The normalized spacial score (nSPS) is 10.9. The lowest BCUT2D eigenvalue weighted by molar-refractivity contribution is -0.131. The van der Waals surface area contributed by atoms with Gasteiger partial charge in [0.2, 0.25) is 0 Å². The summed E-state index contributed by atoms with van der Waals surface area (Å²) in [5.74, 6) is -1.10. The largest absolute Gasteiger partial charge is 0.487 e. The van der Waals surface area contributed by atoms with Crippen LogP contribution in [0.15, 0.2) is 40.2 Å². The number of carboxylic acid groups (broad SMARTS) is 1. The third-order valence-corrected chi connectivity index (χ3v) is 3.97. The zero-order valence-corrected chi connectivity index (χ0v) is 12.6. The smallest absolute Gasteiger partial charge is 0.328 e. The van der Waals surface area contributed by atoms with E-state index >= 15 is 0 Å². The molecule has 104 valence electrons. The summed E-state index contributed by atoms with van der Waals surface area (Å²) in [5, 5.41) is 8.62. The zero-order valence-electron chi connectivity index (χ0n) is 10.2. The van der Waals surface area contributed by atoms with Crippen LogP contribution >= 0.6 is 27.3 Å². The Morgan fingerprint density at radius 3 is 2.85 bits per heavy atom. The second-order valence-electron chi connectivity index (χ2n) is 3.85. The first-order valence-electron chi connectivity index (χ1n) is 5.62. The summed E-state index contributed by atoms with van der Waals surface area (Å²) in [5.41, 5.74) is 0.392. The molecule has 1 aromatic carbocycles. The van der Waals surface area contributed by atoms with Crippen LogP contribution in [0.5, 0.6) is 5.75 Å². The van der Waals surface area contributed by atoms with Gasteiger partial charge in [0.25, 0.3) is 0 Å². The Hall–Kier alpha value is -1.66. The minimum absolute atomic E-state index is 0.343. The Bertz CT molecular complexity index is 652. The highest BCUT2D eigenvalue weighted by Gasteiger charge is 2.05. The van der Waals surface area contributed by atoms with Gasteiger partial charge in [-0.25, -0.2) is 9.18 Å². The molecule has 0 aliphatic rings. The van der Waals surface area contributed by atoms with Gasteiger partial charge in [0.1, 0.15) is 18.2 Å². The van der Waals surface area contributed by atoms with Crippen LogP contribution in [-0.2, 0) is 11.4 Å². The molecular weight excluding hydrogens is 347 g/mol. The topological polar surface area (TPSA) is 46.5 Å². The van der Waals surface area contributed by atoms with Gasteiger partial charge in [0.15, 0.2) is 0 Å². The molecule has 0 saturated heterocycles. The van der Waals surface area contributed by atoms with Crippen molar-refractivity contribution >= 4 is 39.3 Å². The standard InChI is InChI=1S/C14H10BrFO3S/c15-13-5-3-11(20-13)8-19-12-4-2-10(16)7-9(12)1-6-14(17)18/h1-7H,8H2,(H,17,18)/b6-1+. The van der Waals surface area contributed by atoms with E-state index in [0.29, 0.717) is 17.9 Å². The van der Waals surface area contributed by atoms with E-state index < -0.39 is 11.8 Å². The van der Waals surface area contributed by atoms with Gasteiger partial charge >= 0.3 is 5.97 Å². The highest BCUT2D eigenvalue weighted by molar-refractivity contribution is 9.11. The quantitative estimate of drug-likeness (QED) is 0.811. The second kappa shape index (κ2) is 6.67. The number of benzene rings is 1. The third-order valence-electron chi connectivity index (χ3n) is 2.38. The fraction of sp³-hybridized carbons (Fsp3) is 0.0714. The number of carbonyl (C=O) groups is 1. The number of halogens is 2. The summed E-state index contributed by atoms with van der Waals surface area (Å²) in [7, 11) is 0. The van der Waals surface area contributed by atoms with Crippen molar-refractivity contribution in [3.05, 3.63) is 56.5 Å². The van der Waals surface area contributed by atoms with Gasteiger partial charge in [-0.3, -0.25) is 0 Å². The maximum atomic E-state index is 13.2. The molecule has 0 spiro atoms. The van der Waals surface area contributed by atoms with Crippen molar-refractivity contribution in [2.45, 2.75) is 6.61 Å². The molecule has 1 heterocycles. The van der Waals surface area contributed by atoms with Crippen molar-refractivity contribution in [1.82, 2.24) is 0 Å². The van der Waals surface area contributed by atoms with Crippen LogP contribution in [0, 0.1) is 5.82 Å². The average Bonchev–Trinajstić information content (AvgIpc) is 2.81. The van der Waals surface area contributed by atoms with Gasteiger partial charge in [-0.15, -0.1) is 11.3 Å². The first-order valence-corrected chi connectivity index (χ1v) is 7.23. The Labute approximate surface area is 127 Å². The maximum absolute atomic E-state index is 13.2. The van der Waals surface area contributed by atoms with Crippen LogP contribution in [0.3, 0.4) is 0 Å². The van der Waals surface area contributed by atoms with E-state index in [2.05, 4.69) is 15.9 Å². The van der Waals surface area contributed by atoms with Crippen LogP contribution in [0.2, 0.25) is 0 Å². The molecule has 1 aromatic heterocycles. The summed E-state index contributed by atoms with van der Waals surface area (Å²) in [6.45, 7) is 0.343. The lowest BCUT2D eigenvalue weighted by Gasteiger charge is -2.08. The Morgan fingerprint density at radius 1 is 1.40 bits per heavy atom. The minimum atomic E-state index is -1.10. The Balaban J connectivity index is 2.15. The maximum Gasteiger partial charge on any atom is 0.328 e. The van der Waals surface area contributed by atoms with Gasteiger partial charge in [-0.05, 0) is 52.3 Å². The molecule has 2 rings (SSSR count). The van der Waals surface area contributed by atoms with E-state index in [4.69, 9.17) is 9.84 Å². The number of ether oxygens (including phenoxy) is 1. The number of aliphatic carboxylic acids is 1. The monoisotopic (exact) mass is 356 g/mol. The number of hydrogen-bond donors (Lipinski definition) is 1. The first-order chi connectivity index (χ1) is 9.54. The molecule has 3 nitrogen and oxygen atoms in total. The minimum Gasteiger partial charge on any atom is -0.487 e. The van der Waals surface area contributed by atoms with Crippen molar-refractivity contribution in [3.63, 3.8) is 0 Å². The van der Waals surface area contributed by atoms with Crippen molar-refractivity contribution < 1.29 is 19.0 Å². The molecule has 0 unspecified atom stereocenters. The first kappa shape index (κ1) is 14.7. The highest BCUT2D eigenvalue weighted by atomic mass is 79.9. The van der Waals surface area contributed by atoms with Crippen LogP contribution in [0.1, 0.15) is 10.4 Å². The lowest BCUT2D eigenvalue weighted by Crippen LogP contribution is -1.96. The molecule has 20 heavy (non-hydrogen) atoms. The summed E-state index contributed by atoms with van der Waals surface area (Å²) in [4.78, 5) is 11.5. The van der Waals surface area contributed by atoms with Crippen molar-refractivity contribution in [2.75, 3.05) is 0 Å². The molecule has 1 N–H and O–H groups in total. The van der Waals surface area contributed by atoms with E-state index in [-0.39, 0.29) is 0 Å². The van der Waals surface area contributed by atoms with Crippen LogP contribution < -0.4 is 4.74 Å². The van der Waals surface area contributed by atoms with Gasteiger partial charge in [-0.2, -0.15) is 0 Å². The molecule has 2 aromatic rings. The van der Waals surface area contributed by atoms with E-state index in [1.807, 2.05) is 12.1 Å². The summed E-state index contributed by atoms with van der Waals surface area (Å²) in [6, 6.07) is 7.83. The molecule has 0 atom stereocenters. The van der Waals surface area contributed by atoms with Crippen LogP contribution in [-0.4, -0.2) is 11.1 Å². The SMILES string of the molecule is O=C(O)/C=C/c1cc(F)ccc1OCc1ccc(Br)s1. The van der Waals surface area contributed by atoms with Gasteiger partial charge in [0, 0.05) is 16.5 Å². The Morgan fingerprint density at radius 2 is 2.20 bits per heavy atom. The fourth-order valence-electron chi connectivity index (χ4n) is 1.52.